The second-order valence-corrected chi connectivity index (χ2v) is 5.27. The van der Waals surface area contributed by atoms with Crippen molar-refractivity contribution in [2.24, 2.45) is 5.92 Å². The number of carbonyl (C=O) groups is 1. The van der Waals surface area contributed by atoms with E-state index < -0.39 is 11.8 Å². The van der Waals surface area contributed by atoms with Crippen molar-refractivity contribution in [3.63, 3.8) is 0 Å². The van der Waals surface area contributed by atoms with Gasteiger partial charge in [-0.3, -0.25) is 9.69 Å². The monoisotopic (exact) mass is 241 g/mol. The topological polar surface area (TPSA) is 59.0 Å². The number of carboxylic acids is 1. The Balaban J connectivity index is 1.66. The third kappa shape index (κ3) is 1.96. The Kier molecular flexibility index (Phi) is 2.84. The summed E-state index contributed by atoms with van der Waals surface area (Å²) in [6.07, 6.45) is 3.77. The number of aliphatic carboxylic acids is 1. The normalized spacial score (nSPS) is 36.9. The Morgan fingerprint density at radius 2 is 2.06 bits per heavy atom. The molecule has 5 nitrogen and oxygen atoms in total. The van der Waals surface area contributed by atoms with Crippen molar-refractivity contribution >= 4 is 5.97 Å². The van der Waals surface area contributed by atoms with Gasteiger partial charge in [-0.2, -0.15) is 0 Å². The van der Waals surface area contributed by atoms with Crippen LogP contribution in [0, 0.1) is 5.92 Å². The van der Waals surface area contributed by atoms with Gasteiger partial charge in [0.25, 0.3) is 0 Å². The molecule has 2 unspecified atom stereocenters. The summed E-state index contributed by atoms with van der Waals surface area (Å²) in [5.41, 5.74) is 0. The van der Waals surface area contributed by atoms with Crippen molar-refractivity contribution in [3.05, 3.63) is 0 Å². The maximum absolute atomic E-state index is 11.1. The Hall–Kier alpha value is -0.650. The molecule has 2 aliphatic heterocycles. The first-order valence-corrected chi connectivity index (χ1v) is 6.45. The number of rotatable bonds is 2. The van der Waals surface area contributed by atoms with Crippen molar-refractivity contribution in [1.29, 1.82) is 0 Å². The van der Waals surface area contributed by atoms with Crippen LogP contribution in [0.25, 0.3) is 0 Å². The molecule has 17 heavy (non-hydrogen) atoms. The molecule has 0 aromatic heterocycles. The molecule has 3 aliphatic rings. The van der Waals surface area contributed by atoms with Gasteiger partial charge in [0.05, 0.1) is 25.7 Å². The fraction of sp³-hybridized carbons (Fsp3) is 0.917. The van der Waals surface area contributed by atoms with Gasteiger partial charge in [-0.05, 0) is 25.8 Å². The number of nitrogens with zero attached hydrogens (tertiary/aromatic N) is 1. The summed E-state index contributed by atoms with van der Waals surface area (Å²) in [5, 5.41) is 9.10. The van der Waals surface area contributed by atoms with Crippen LogP contribution in [0.3, 0.4) is 0 Å². The Morgan fingerprint density at radius 3 is 2.65 bits per heavy atom. The molecule has 0 radical (unpaired) electrons. The van der Waals surface area contributed by atoms with E-state index in [0.717, 1.165) is 38.8 Å². The first-order valence-electron chi connectivity index (χ1n) is 6.45. The summed E-state index contributed by atoms with van der Waals surface area (Å²) in [6.45, 7) is 3.05. The minimum atomic E-state index is -0.658. The lowest BCUT2D eigenvalue weighted by atomic mass is 9.77. The van der Waals surface area contributed by atoms with Crippen LogP contribution in [-0.2, 0) is 14.3 Å². The summed E-state index contributed by atoms with van der Waals surface area (Å²) in [6, 6.07) is 0.192. The summed E-state index contributed by atoms with van der Waals surface area (Å²) < 4.78 is 11.4. The van der Waals surface area contributed by atoms with Crippen LogP contribution in [0.5, 0.6) is 0 Å². The van der Waals surface area contributed by atoms with Gasteiger partial charge >= 0.3 is 5.97 Å². The summed E-state index contributed by atoms with van der Waals surface area (Å²) in [4.78, 5) is 13.3. The van der Waals surface area contributed by atoms with E-state index in [1.807, 2.05) is 0 Å². The number of ether oxygens (including phenoxy) is 2. The second-order valence-electron chi connectivity index (χ2n) is 5.27. The van der Waals surface area contributed by atoms with Crippen molar-refractivity contribution in [2.75, 3.05) is 26.3 Å². The zero-order valence-electron chi connectivity index (χ0n) is 9.93. The highest BCUT2D eigenvalue weighted by molar-refractivity contribution is 5.72. The van der Waals surface area contributed by atoms with E-state index in [0.29, 0.717) is 13.2 Å². The van der Waals surface area contributed by atoms with Gasteiger partial charge in [0.2, 0.25) is 0 Å². The molecule has 96 valence electrons. The van der Waals surface area contributed by atoms with Gasteiger partial charge in [0.15, 0.2) is 5.79 Å². The molecule has 1 aliphatic carbocycles. The molecule has 5 heteroatoms. The van der Waals surface area contributed by atoms with E-state index in [2.05, 4.69) is 4.90 Å². The smallest absolute Gasteiger partial charge is 0.308 e. The minimum absolute atomic E-state index is 0.188. The predicted octanol–water partition coefficient (Wildman–Crippen LogP) is 0.688. The van der Waals surface area contributed by atoms with Gasteiger partial charge in [-0.25, -0.2) is 0 Å². The Morgan fingerprint density at radius 1 is 1.29 bits per heavy atom. The van der Waals surface area contributed by atoms with Crippen molar-refractivity contribution < 1.29 is 19.4 Å². The number of piperidine rings is 1. The van der Waals surface area contributed by atoms with Crippen molar-refractivity contribution in [2.45, 2.75) is 37.5 Å². The van der Waals surface area contributed by atoms with E-state index in [-0.39, 0.29) is 12.0 Å². The molecule has 3 fully saturated rings. The van der Waals surface area contributed by atoms with E-state index in [1.165, 1.54) is 0 Å². The molecule has 1 saturated carbocycles. The third-order valence-electron chi connectivity index (χ3n) is 4.28. The number of likely N-dealkylation sites (tertiary alicyclic amines) is 1. The van der Waals surface area contributed by atoms with Gasteiger partial charge in [-0.1, -0.05) is 0 Å². The van der Waals surface area contributed by atoms with Gasteiger partial charge in [-0.15, -0.1) is 0 Å². The lowest BCUT2D eigenvalue weighted by Crippen LogP contribution is -2.58. The van der Waals surface area contributed by atoms with Crippen molar-refractivity contribution in [1.82, 2.24) is 4.90 Å². The highest BCUT2D eigenvalue weighted by atomic mass is 16.7. The van der Waals surface area contributed by atoms with Gasteiger partial charge in [0, 0.05) is 12.5 Å². The predicted molar refractivity (Wildman–Crippen MR) is 59.6 cm³/mol. The summed E-state index contributed by atoms with van der Waals surface area (Å²) >= 11 is 0. The van der Waals surface area contributed by atoms with Gasteiger partial charge < -0.3 is 14.6 Å². The Bertz CT molecular complexity index is 314. The largest absolute Gasteiger partial charge is 0.481 e. The van der Waals surface area contributed by atoms with Crippen LogP contribution >= 0.6 is 0 Å². The van der Waals surface area contributed by atoms with Crippen LogP contribution in [0.15, 0.2) is 0 Å². The first-order chi connectivity index (χ1) is 8.20. The molecule has 3 rings (SSSR count). The number of carboxylic acid groups (broad SMARTS) is 1. The second kappa shape index (κ2) is 4.23. The number of hydrogen-bond acceptors (Lipinski definition) is 4. The molecule has 2 heterocycles. The zero-order valence-corrected chi connectivity index (χ0v) is 9.93. The van der Waals surface area contributed by atoms with Crippen LogP contribution in [-0.4, -0.2) is 54.1 Å². The van der Waals surface area contributed by atoms with Crippen LogP contribution in [0.4, 0.5) is 0 Å². The summed E-state index contributed by atoms with van der Waals surface area (Å²) in [7, 11) is 0. The fourth-order valence-electron chi connectivity index (χ4n) is 3.24. The van der Waals surface area contributed by atoms with Crippen LogP contribution < -0.4 is 0 Å². The fourth-order valence-corrected chi connectivity index (χ4v) is 3.24. The van der Waals surface area contributed by atoms with E-state index >= 15 is 0 Å². The molecule has 1 spiro atoms. The molecular formula is C12H19NO4. The van der Waals surface area contributed by atoms with E-state index in [4.69, 9.17) is 14.6 Å². The SMILES string of the molecule is O=C(O)C1CCC1N1CCCC2(C1)OCCO2. The van der Waals surface area contributed by atoms with Crippen molar-refractivity contribution in [3.8, 4) is 0 Å². The molecular weight excluding hydrogens is 222 g/mol. The highest BCUT2D eigenvalue weighted by Crippen LogP contribution is 2.38. The Labute approximate surface area is 101 Å². The lowest BCUT2D eigenvalue weighted by Gasteiger charge is -2.47. The molecule has 0 amide bonds. The molecule has 2 saturated heterocycles. The molecule has 0 bridgehead atoms. The maximum atomic E-state index is 11.1. The molecule has 1 N–H and O–H groups in total. The van der Waals surface area contributed by atoms with E-state index in [1.54, 1.807) is 0 Å². The highest BCUT2D eigenvalue weighted by Gasteiger charge is 2.47. The average molecular weight is 241 g/mol. The maximum Gasteiger partial charge on any atom is 0.308 e. The minimum Gasteiger partial charge on any atom is -0.481 e. The van der Waals surface area contributed by atoms with Gasteiger partial charge in [0.1, 0.15) is 0 Å². The van der Waals surface area contributed by atoms with Crippen LogP contribution in [0.2, 0.25) is 0 Å². The molecule has 0 aromatic carbocycles. The van der Waals surface area contributed by atoms with Crippen LogP contribution in [0.1, 0.15) is 25.7 Å². The average Bonchev–Trinajstić information content (AvgIpc) is 2.64. The zero-order chi connectivity index (χ0) is 11.9. The van der Waals surface area contributed by atoms with E-state index in [9.17, 15) is 4.79 Å². The lowest BCUT2D eigenvalue weighted by molar-refractivity contribution is -0.202. The quantitative estimate of drug-likeness (QED) is 0.770. The molecule has 0 aromatic rings. The molecule has 2 atom stereocenters. The first kappa shape index (κ1) is 11.4. The number of hydrogen-bond donors (Lipinski definition) is 1. The summed E-state index contributed by atoms with van der Waals surface area (Å²) in [5.74, 6) is -1.28. The third-order valence-corrected chi connectivity index (χ3v) is 4.28. The standard InChI is InChI=1S/C12H19NO4/c14-11(15)9-2-3-10(9)13-5-1-4-12(8-13)16-6-7-17-12/h9-10H,1-8H2,(H,14,15).